The van der Waals surface area contributed by atoms with Gasteiger partial charge in [0.05, 0.1) is 6.04 Å². The smallest absolute Gasteiger partial charge is 0.246 e. The summed E-state index contributed by atoms with van der Waals surface area (Å²) in [6.45, 7) is 11.7. The van der Waals surface area contributed by atoms with Gasteiger partial charge < -0.3 is 14.6 Å². The fourth-order valence-electron chi connectivity index (χ4n) is 2.81. The Morgan fingerprint density at radius 1 is 1.33 bits per heavy atom. The van der Waals surface area contributed by atoms with E-state index in [1.807, 2.05) is 47.6 Å². The van der Waals surface area contributed by atoms with E-state index in [9.17, 15) is 9.59 Å². The van der Waals surface area contributed by atoms with Crippen molar-refractivity contribution in [3.05, 3.63) is 23.2 Å². The molecule has 5 nitrogen and oxygen atoms in total. The van der Waals surface area contributed by atoms with Gasteiger partial charge in [0.25, 0.3) is 0 Å². The van der Waals surface area contributed by atoms with Gasteiger partial charge in [-0.2, -0.15) is 0 Å². The molecule has 1 aliphatic rings. The van der Waals surface area contributed by atoms with E-state index >= 15 is 0 Å². The highest BCUT2D eigenvalue weighted by Gasteiger charge is 2.42. The predicted molar refractivity (Wildman–Crippen MR) is 79.7 cm³/mol. The summed E-state index contributed by atoms with van der Waals surface area (Å²) in [5, 5.41) is 2.81. The summed E-state index contributed by atoms with van der Waals surface area (Å²) >= 11 is 0. The van der Waals surface area contributed by atoms with Crippen molar-refractivity contribution in [3.8, 4) is 0 Å². The average Bonchev–Trinajstić information content (AvgIpc) is 2.68. The third kappa shape index (κ3) is 2.96. The van der Waals surface area contributed by atoms with Crippen molar-refractivity contribution in [2.75, 3.05) is 6.54 Å². The number of hydrogen-bond acceptors (Lipinski definition) is 3. The van der Waals surface area contributed by atoms with E-state index in [-0.39, 0.29) is 29.8 Å². The number of nitrogens with one attached hydrogen (secondary N) is 1. The number of amides is 2. The molecule has 5 heteroatoms. The minimum atomic E-state index is -0.491. The van der Waals surface area contributed by atoms with E-state index < -0.39 is 6.04 Å². The maximum Gasteiger partial charge on any atom is 0.246 e. The third-order valence-corrected chi connectivity index (χ3v) is 4.01. The Balaban J connectivity index is 2.31. The number of aryl methyl sites for hydroxylation is 2. The number of carbonyl (C=O) groups excluding carboxylic acids is 2. The summed E-state index contributed by atoms with van der Waals surface area (Å²) in [4.78, 5) is 26.3. The Bertz CT molecular complexity index is 569. The maximum absolute atomic E-state index is 12.7. The summed E-state index contributed by atoms with van der Waals surface area (Å²) in [5.41, 5.74) is 0.648. The molecule has 0 spiro atoms. The SMILES string of the molecule is Cc1cc(C(C)N2CC(=O)NC(C(C)(C)C)C2=O)c(C)o1. The molecule has 2 heterocycles. The molecule has 0 aliphatic carbocycles. The molecule has 2 rings (SSSR count). The summed E-state index contributed by atoms with van der Waals surface area (Å²) in [7, 11) is 0. The molecule has 2 atom stereocenters. The predicted octanol–water partition coefficient (Wildman–Crippen LogP) is 2.33. The van der Waals surface area contributed by atoms with Gasteiger partial charge >= 0.3 is 0 Å². The van der Waals surface area contributed by atoms with Gasteiger partial charge in [0.2, 0.25) is 11.8 Å². The number of furan rings is 1. The first-order valence-corrected chi connectivity index (χ1v) is 7.28. The summed E-state index contributed by atoms with van der Waals surface area (Å²) < 4.78 is 5.54. The van der Waals surface area contributed by atoms with Crippen LogP contribution in [0.4, 0.5) is 0 Å². The highest BCUT2D eigenvalue weighted by Crippen LogP contribution is 2.31. The summed E-state index contributed by atoms with van der Waals surface area (Å²) in [6, 6.07) is 1.27. The second-order valence-electron chi connectivity index (χ2n) is 6.88. The zero-order chi connectivity index (χ0) is 15.9. The van der Waals surface area contributed by atoms with Gasteiger partial charge in [-0.15, -0.1) is 0 Å². The highest BCUT2D eigenvalue weighted by atomic mass is 16.3. The zero-order valence-corrected chi connectivity index (χ0v) is 13.6. The molecule has 21 heavy (non-hydrogen) atoms. The van der Waals surface area contributed by atoms with Crippen molar-refractivity contribution in [2.45, 2.75) is 53.6 Å². The van der Waals surface area contributed by atoms with Gasteiger partial charge in [-0.3, -0.25) is 9.59 Å². The minimum Gasteiger partial charge on any atom is -0.466 e. The molecule has 1 aliphatic heterocycles. The maximum atomic E-state index is 12.7. The topological polar surface area (TPSA) is 62.6 Å². The molecular formula is C16H24N2O3. The molecule has 2 amide bonds. The van der Waals surface area contributed by atoms with Crippen LogP contribution in [-0.4, -0.2) is 29.3 Å². The molecule has 116 valence electrons. The van der Waals surface area contributed by atoms with Crippen LogP contribution in [0, 0.1) is 19.3 Å². The lowest BCUT2D eigenvalue weighted by atomic mass is 9.84. The van der Waals surface area contributed by atoms with Gasteiger partial charge in [-0.1, -0.05) is 20.8 Å². The van der Waals surface area contributed by atoms with Crippen LogP contribution < -0.4 is 5.32 Å². The fraction of sp³-hybridized carbons (Fsp3) is 0.625. The molecule has 1 aromatic heterocycles. The quantitative estimate of drug-likeness (QED) is 0.910. The molecular weight excluding hydrogens is 268 g/mol. The van der Waals surface area contributed by atoms with E-state index in [4.69, 9.17) is 4.42 Å². The molecule has 1 fully saturated rings. The summed E-state index contributed by atoms with van der Waals surface area (Å²) in [6.07, 6.45) is 0. The highest BCUT2D eigenvalue weighted by molar-refractivity contribution is 5.95. The molecule has 2 unspecified atom stereocenters. The first-order valence-electron chi connectivity index (χ1n) is 7.28. The van der Waals surface area contributed by atoms with E-state index in [0.29, 0.717) is 0 Å². The van der Waals surface area contributed by atoms with Gasteiger partial charge in [0.1, 0.15) is 24.1 Å². The van der Waals surface area contributed by atoms with Crippen LogP contribution in [0.25, 0.3) is 0 Å². The number of piperazine rings is 1. The van der Waals surface area contributed by atoms with E-state index in [2.05, 4.69) is 5.32 Å². The molecule has 0 aromatic carbocycles. The second kappa shape index (κ2) is 5.20. The Morgan fingerprint density at radius 2 is 1.95 bits per heavy atom. The number of hydrogen-bond donors (Lipinski definition) is 1. The summed E-state index contributed by atoms with van der Waals surface area (Å²) in [5.74, 6) is 1.47. The molecule has 0 radical (unpaired) electrons. The van der Waals surface area contributed by atoms with Crippen LogP contribution in [0.15, 0.2) is 10.5 Å². The lowest BCUT2D eigenvalue weighted by Crippen LogP contribution is -2.62. The number of carbonyl (C=O) groups is 2. The van der Waals surface area contributed by atoms with Gasteiger partial charge in [-0.05, 0) is 32.3 Å². The molecule has 0 bridgehead atoms. The number of nitrogens with zero attached hydrogens (tertiary/aromatic N) is 1. The average molecular weight is 292 g/mol. The third-order valence-electron chi connectivity index (χ3n) is 4.01. The second-order valence-corrected chi connectivity index (χ2v) is 6.88. The Labute approximate surface area is 125 Å². The van der Waals surface area contributed by atoms with Crippen molar-refractivity contribution >= 4 is 11.8 Å². The van der Waals surface area contributed by atoms with E-state index in [1.165, 1.54) is 0 Å². The first-order chi connectivity index (χ1) is 9.61. The zero-order valence-electron chi connectivity index (χ0n) is 13.6. The number of rotatable bonds is 2. The lowest BCUT2D eigenvalue weighted by Gasteiger charge is -2.41. The minimum absolute atomic E-state index is 0.0344. The van der Waals surface area contributed by atoms with Crippen LogP contribution >= 0.6 is 0 Å². The Hall–Kier alpha value is -1.78. The van der Waals surface area contributed by atoms with Gasteiger partial charge in [-0.25, -0.2) is 0 Å². The van der Waals surface area contributed by atoms with E-state index in [0.717, 1.165) is 17.1 Å². The van der Waals surface area contributed by atoms with Crippen LogP contribution in [0.1, 0.15) is 50.8 Å². The molecule has 1 N–H and O–H groups in total. The van der Waals surface area contributed by atoms with Crippen molar-refractivity contribution in [1.29, 1.82) is 0 Å². The van der Waals surface area contributed by atoms with E-state index in [1.54, 1.807) is 4.90 Å². The standard InChI is InChI=1S/C16H24N2O3/c1-9-7-12(11(3)21-9)10(2)18-8-13(19)17-14(15(18)20)16(4,5)6/h7,10,14H,8H2,1-6H3,(H,17,19). The monoisotopic (exact) mass is 292 g/mol. The Kier molecular flexibility index (Phi) is 3.87. The van der Waals surface area contributed by atoms with Crippen LogP contribution in [0.5, 0.6) is 0 Å². The van der Waals surface area contributed by atoms with Gasteiger partial charge in [0, 0.05) is 5.56 Å². The molecule has 0 saturated carbocycles. The van der Waals surface area contributed by atoms with Crippen molar-refractivity contribution in [2.24, 2.45) is 5.41 Å². The van der Waals surface area contributed by atoms with Gasteiger partial charge in [0.15, 0.2) is 0 Å². The van der Waals surface area contributed by atoms with Crippen LogP contribution in [-0.2, 0) is 9.59 Å². The molecule has 1 aromatic rings. The van der Waals surface area contributed by atoms with Crippen LogP contribution in [0.3, 0.4) is 0 Å². The fourth-order valence-corrected chi connectivity index (χ4v) is 2.81. The van der Waals surface area contributed by atoms with Crippen molar-refractivity contribution in [3.63, 3.8) is 0 Å². The lowest BCUT2D eigenvalue weighted by molar-refractivity contribution is -0.149. The molecule has 1 saturated heterocycles. The largest absolute Gasteiger partial charge is 0.466 e. The normalized spacial score (nSPS) is 21.4. The van der Waals surface area contributed by atoms with Crippen molar-refractivity contribution < 1.29 is 14.0 Å². The van der Waals surface area contributed by atoms with Crippen LogP contribution in [0.2, 0.25) is 0 Å². The Morgan fingerprint density at radius 3 is 2.43 bits per heavy atom. The first kappa shape index (κ1) is 15.6. The van der Waals surface area contributed by atoms with Crippen molar-refractivity contribution in [1.82, 2.24) is 10.2 Å².